The first-order chi connectivity index (χ1) is 20.5. The van der Waals surface area contributed by atoms with Gasteiger partial charge in [-0.15, -0.1) is 0 Å². The van der Waals surface area contributed by atoms with E-state index in [1.807, 2.05) is 44.2 Å². The van der Waals surface area contributed by atoms with Crippen LogP contribution in [0.25, 0.3) is 0 Å². The van der Waals surface area contributed by atoms with Gasteiger partial charge in [-0.2, -0.15) is 0 Å². The van der Waals surface area contributed by atoms with Crippen LogP contribution in [0.3, 0.4) is 0 Å². The molecule has 3 aromatic rings. The van der Waals surface area contributed by atoms with E-state index in [4.69, 9.17) is 18.6 Å². The summed E-state index contributed by atoms with van der Waals surface area (Å²) in [5.74, 6) is -1.31. The van der Waals surface area contributed by atoms with Gasteiger partial charge in [-0.05, 0) is 67.2 Å². The molecule has 1 saturated heterocycles. The van der Waals surface area contributed by atoms with Crippen molar-refractivity contribution in [1.29, 1.82) is 0 Å². The molecule has 0 bridgehead atoms. The third-order valence-corrected chi connectivity index (χ3v) is 13.0. The molecule has 0 aromatic heterocycles. The molecule has 230 valence electrons. The second kappa shape index (κ2) is 14.1. The molecule has 7 heteroatoms. The van der Waals surface area contributed by atoms with E-state index in [0.29, 0.717) is 18.4 Å². The summed E-state index contributed by atoms with van der Waals surface area (Å²) in [6.07, 6.45) is 3.02. The van der Waals surface area contributed by atoms with Gasteiger partial charge in [-0.25, -0.2) is 4.79 Å². The predicted octanol–water partition coefficient (Wildman–Crippen LogP) is 6.03. The molecular formula is C36H46O6Si. The molecule has 1 heterocycles. The number of benzene rings is 3. The fourth-order valence-electron chi connectivity index (χ4n) is 5.92. The second-order valence-corrected chi connectivity index (χ2v) is 16.9. The van der Waals surface area contributed by atoms with Gasteiger partial charge in [0.15, 0.2) is 5.79 Å². The van der Waals surface area contributed by atoms with Crippen molar-refractivity contribution in [2.75, 3.05) is 6.61 Å². The maximum absolute atomic E-state index is 13.1. The Hall–Kier alpha value is -3.07. The summed E-state index contributed by atoms with van der Waals surface area (Å²) < 4.78 is 25.5. The van der Waals surface area contributed by atoms with E-state index in [2.05, 4.69) is 76.2 Å². The molecule has 4 rings (SSSR count). The fraction of sp³-hybridized carbons (Fsp3) is 0.417. The standard InChI is InChI=1S/C36H46O6Si/c1-27(42-43(35(2,3)4,29-20-12-8-13-21-29)30-22-14-9-15-23-30)17-16-24-31(39-34(38)28-18-10-7-11-19-28)33-32(25-26-37)40-36(5,6)41-33/h7-16,18-24,27,31-33,37H,17,25-26H2,1-6H3/b24-16-/t27-,31?,32+,33-/m1/s1. The van der Waals surface area contributed by atoms with E-state index < -0.39 is 38.4 Å². The number of carbonyl (C=O) groups is 1. The highest BCUT2D eigenvalue weighted by Gasteiger charge is 2.51. The van der Waals surface area contributed by atoms with Gasteiger partial charge in [0.05, 0.1) is 11.7 Å². The topological polar surface area (TPSA) is 74.2 Å². The zero-order chi connectivity index (χ0) is 31.1. The van der Waals surface area contributed by atoms with Crippen LogP contribution in [0.5, 0.6) is 0 Å². The van der Waals surface area contributed by atoms with E-state index in [9.17, 15) is 9.90 Å². The van der Waals surface area contributed by atoms with Crippen LogP contribution in [0.2, 0.25) is 5.04 Å². The molecule has 1 N–H and O–H groups in total. The van der Waals surface area contributed by atoms with Crippen LogP contribution in [0.4, 0.5) is 0 Å². The quantitative estimate of drug-likeness (QED) is 0.155. The number of esters is 1. The van der Waals surface area contributed by atoms with Crippen molar-refractivity contribution in [2.24, 2.45) is 0 Å². The summed E-state index contributed by atoms with van der Waals surface area (Å²) in [7, 11) is -2.72. The van der Waals surface area contributed by atoms with E-state index in [-0.39, 0.29) is 17.7 Å². The summed E-state index contributed by atoms with van der Waals surface area (Å²) in [5.41, 5.74) is 0.459. The van der Waals surface area contributed by atoms with Crippen LogP contribution < -0.4 is 10.4 Å². The molecule has 3 aromatic carbocycles. The molecule has 6 nitrogen and oxygen atoms in total. The number of carbonyl (C=O) groups excluding carboxylic acids is 1. The number of aliphatic hydroxyl groups is 1. The average Bonchev–Trinajstić information content (AvgIpc) is 3.29. The predicted molar refractivity (Wildman–Crippen MR) is 173 cm³/mol. The Morgan fingerprint density at radius 1 is 0.930 bits per heavy atom. The van der Waals surface area contributed by atoms with Crippen LogP contribution in [-0.2, 0) is 18.6 Å². The maximum Gasteiger partial charge on any atom is 0.338 e. The summed E-state index contributed by atoms with van der Waals surface area (Å²) >= 11 is 0. The minimum absolute atomic E-state index is 0.0625. The van der Waals surface area contributed by atoms with Crippen LogP contribution >= 0.6 is 0 Å². The molecule has 0 amide bonds. The van der Waals surface area contributed by atoms with Crippen molar-refractivity contribution in [1.82, 2.24) is 0 Å². The van der Waals surface area contributed by atoms with Gasteiger partial charge in [0.1, 0.15) is 12.2 Å². The average molecular weight is 603 g/mol. The molecule has 1 fully saturated rings. The normalized spacial score (nSPS) is 20.2. The lowest BCUT2D eigenvalue weighted by molar-refractivity contribution is -0.153. The van der Waals surface area contributed by atoms with Crippen LogP contribution in [0.1, 0.15) is 64.7 Å². The first-order valence-corrected chi connectivity index (χ1v) is 17.1. The van der Waals surface area contributed by atoms with E-state index in [0.717, 1.165) is 0 Å². The van der Waals surface area contributed by atoms with E-state index in [1.54, 1.807) is 24.3 Å². The highest BCUT2D eigenvalue weighted by atomic mass is 28.4. The molecule has 1 unspecified atom stereocenters. The third kappa shape index (κ3) is 7.91. The summed E-state index contributed by atoms with van der Waals surface area (Å²) in [6.45, 7) is 12.5. The minimum Gasteiger partial charge on any atom is -0.452 e. The van der Waals surface area contributed by atoms with E-state index >= 15 is 0 Å². The summed E-state index contributed by atoms with van der Waals surface area (Å²) in [6, 6.07) is 30.1. The Balaban J connectivity index is 1.61. The largest absolute Gasteiger partial charge is 0.452 e. The van der Waals surface area contributed by atoms with Crippen molar-refractivity contribution in [3.05, 3.63) is 109 Å². The van der Waals surface area contributed by atoms with Gasteiger partial charge in [-0.3, -0.25) is 0 Å². The molecule has 0 radical (unpaired) electrons. The Kier molecular flexibility index (Phi) is 10.8. The monoisotopic (exact) mass is 602 g/mol. The van der Waals surface area contributed by atoms with Crippen molar-refractivity contribution in [3.63, 3.8) is 0 Å². The molecule has 0 aliphatic carbocycles. The summed E-state index contributed by atoms with van der Waals surface area (Å²) in [4.78, 5) is 13.1. The van der Waals surface area contributed by atoms with Crippen LogP contribution in [0, 0.1) is 0 Å². The Morgan fingerprint density at radius 2 is 1.47 bits per heavy atom. The number of ether oxygens (including phenoxy) is 3. The third-order valence-electron chi connectivity index (χ3n) is 7.80. The lowest BCUT2D eigenvalue weighted by Gasteiger charge is -2.44. The van der Waals surface area contributed by atoms with Crippen molar-refractivity contribution in [3.8, 4) is 0 Å². The van der Waals surface area contributed by atoms with Crippen LogP contribution in [0.15, 0.2) is 103 Å². The number of hydrogen-bond donors (Lipinski definition) is 1. The fourth-order valence-corrected chi connectivity index (χ4v) is 10.6. The van der Waals surface area contributed by atoms with Crippen LogP contribution in [-0.4, -0.2) is 56.2 Å². The van der Waals surface area contributed by atoms with Gasteiger partial charge in [0, 0.05) is 12.7 Å². The molecule has 43 heavy (non-hydrogen) atoms. The number of aliphatic hydroxyl groups excluding tert-OH is 1. The van der Waals surface area contributed by atoms with Gasteiger partial charge in [-0.1, -0.05) is 106 Å². The number of hydrogen-bond acceptors (Lipinski definition) is 6. The van der Waals surface area contributed by atoms with Gasteiger partial charge in [0.2, 0.25) is 0 Å². The van der Waals surface area contributed by atoms with Gasteiger partial charge in [0.25, 0.3) is 8.32 Å². The SMILES string of the molecule is C[C@H](C/C=C\C(OC(=O)c1ccccc1)[C@H]1OC(C)(C)O[C@H]1CCO)O[Si](c1ccccc1)(c1ccccc1)C(C)(C)C. The Labute approximate surface area is 257 Å². The molecule has 1 aliphatic rings. The highest BCUT2D eigenvalue weighted by Crippen LogP contribution is 2.38. The smallest absolute Gasteiger partial charge is 0.338 e. The lowest BCUT2D eigenvalue weighted by Crippen LogP contribution is -2.67. The minimum atomic E-state index is -2.72. The van der Waals surface area contributed by atoms with Crippen molar-refractivity contribution in [2.45, 2.75) is 89.6 Å². The molecule has 4 atom stereocenters. The highest BCUT2D eigenvalue weighted by molar-refractivity contribution is 6.99. The lowest BCUT2D eigenvalue weighted by atomic mass is 10.0. The summed E-state index contributed by atoms with van der Waals surface area (Å²) in [5, 5.41) is 12.0. The first-order valence-electron chi connectivity index (χ1n) is 15.1. The zero-order valence-electron chi connectivity index (χ0n) is 26.2. The zero-order valence-corrected chi connectivity index (χ0v) is 27.2. The van der Waals surface area contributed by atoms with Gasteiger partial charge < -0.3 is 23.7 Å². The molecule has 1 aliphatic heterocycles. The van der Waals surface area contributed by atoms with Crippen molar-refractivity contribution < 1.29 is 28.5 Å². The Bertz CT molecular complexity index is 1280. The molecular weight excluding hydrogens is 556 g/mol. The maximum atomic E-state index is 13.1. The first kappa shape index (κ1) is 32.8. The van der Waals surface area contributed by atoms with Crippen molar-refractivity contribution >= 4 is 24.7 Å². The van der Waals surface area contributed by atoms with Gasteiger partial charge >= 0.3 is 5.97 Å². The Morgan fingerprint density at radius 3 is 1.98 bits per heavy atom. The molecule has 0 saturated carbocycles. The second-order valence-electron chi connectivity index (χ2n) is 12.6. The molecule has 0 spiro atoms. The number of rotatable bonds is 12. The van der Waals surface area contributed by atoms with E-state index in [1.165, 1.54) is 10.4 Å².